The third-order valence-corrected chi connectivity index (χ3v) is 5.61. The number of carbonyl (C=O) groups excluding carboxylic acids is 1. The Balaban J connectivity index is 1.66. The number of ether oxygens (including phenoxy) is 1. The van der Waals surface area contributed by atoms with Crippen LogP contribution in [0.5, 0.6) is 0 Å². The van der Waals surface area contributed by atoms with E-state index in [-0.39, 0.29) is 18.5 Å². The van der Waals surface area contributed by atoms with Crippen molar-refractivity contribution in [2.75, 3.05) is 13.2 Å². The van der Waals surface area contributed by atoms with Gasteiger partial charge in [0.1, 0.15) is 12.1 Å². The molecule has 31 heavy (non-hydrogen) atoms. The smallest absolute Gasteiger partial charge is 0.416 e. The zero-order valence-corrected chi connectivity index (χ0v) is 15.7. The Kier molecular flexibility index (Phi) is 4.57. The summed E-state index contributed by atoms with van der Waals surface area (Å²) in [6, 6.07) is 1.44. The van der Waals surface area contributed by atoms with Gasteiger partial charge in [-0.05, 0) is 18.2 Å². The van der Waals surface area contributed by atoms with Gasteiger partial charge in [-0.15, -0.1) is 0 Å². The minimum atomic E-state index is -4.68. The van der Waals surface area contributed by atoms with E-state index < -0.39 is 59.5 Å². The van der Waals surface area contributed by atoms with E-state index in [1.54, 1.807) is 0 Å². The molecule has 14 heteroatoms. The van der Waals surface area contributed by atoms with E-state index >= 15 is 0 Å². The van der Waals surface area contributed by atoms with Crippen LogP contribution in [0.3, 0.4) is 0 Å². The fourth-order valence-electron chi connectivity index (χ4n) is 4.19. The Hall–Kier alpha value is -3.10. The van der Waals surface area contributed by atoms with Crippen LogP contribution in [0.15, 0.2) is 34.3 Å². The van der Waals surface area contributed by atoms with Crippen molar-refractivity contribution < 1.29 is 38.0 Å². The Bertz CT molecular complexity index is 983. The van der Waals surface area contributed by atoms with E-state index in [0.717, 1.165) is 18.2 Å². The summed E-state index contributed by atoms with van der Waals surface area (Å²) in [5, 5.41) is 34.3. The highest BCUT2D eigenvalue weighted by atomic mass is 19.4. The van der Waals surface area contributed by atoms with Crippen molar-refractivity contribution in [1.29, 1.82) is 0 Å². The summed E-state index contributed by atoms with van der Waals surface area (Å²) in [5.74, 6) is -4.45. The molecule has 1 aromatic rings. The molecule has 0 aliphatic carbocycles. The molecule has 1 spiro atoms. The van der Waals surface area contributed by atoms with Gasteiger partial charge in [0.15, 0.2) is 23.7 Å². The van der Waals surface area contributed by atoms with Crippen molar-refractivity contribution in [1.82, 2.24) is 10.2 Å². The van der Waals surface area contributed by atoms with Gasteiger partial charge in [-0.1, -0.05) is 6.07 Å². The van der Waals surface area contributed by atoms with E-state index in [1.165, 1.54) is 4.90 Å². The Morgan fingerprint density at radius 3 is 2.68 bits per heavy atom. The van der Waals surface area contributed by atoms with Crippen molar-refractivity contribution in [3.05, 3.63) is 35.4 Å². The number of alkyl halides is 3. The zero-order chi connectivity index (χ0) is 22.8. The average molecular weight is 444 g/mol. The van der Waals surface area contributed by atoms with Crippen molar-refractivity contribution in [2.24, 2.45) is 21.5 Å². The van der Waals surface area contributed by atoms with Crippen molar-refractivity contribution in [2.45, 2.75) is 35.8 Å². The van der Waals surface area contributed by atoms with Crippen LogP contribution in [-0.2, 0) is 10.9 Å². The topological polar surface area (TPSA) is 179 Å². The number of hydrogen-bond donors (Lipinski definition) is 6. The molecule has 1 saturated heterocycles. The van der Waals surface area contributed by atoms with E-state index in [1.807, 2.05) is 0 Å². The quantitative estimate of drug-likeness (QED) is 0.225. The lowest BCUT2D eigenvalue weighted by Crippen LogP contribution is -2.77. The molecule has 4 atom stereocenters. The molecule has 3 aliphatic rings. The van der Waals surface area contributed by atoms with Gasteiger partial charge in [0.25, 0.3) is 0 Å². The number of rotatable bonds is 3. The van der Waals surface area contributed by atoms with E-state index in [4.69, 9.17) is 16.2 Å². The molecule has 0 amide bonds. The fourth-order valence-corrected chi connectivity index (χ4v) is 4.19. The summed E-state index contributed by atoms with van der Waals surface area (Å²) >= 11 is 0. The fraction of sp³-hybridized carbons (Fsp3) is 0.471. The number of nitrogens with zero attached hydrogens (tertiary/aromatic N) is 3. The molecular formula is C17H19F3N6O5. The number of carbonyl (C=O) groups is 1. The number of aliphatic hydroxyl groups is 3. The molecule has 0 aromatic heterocycles. The molecule has 3 aliphatic heterocycles. The molecule has 1 aromatic carbocycles. The molecule has 0 radical (unpaired) electrons. The highest BCUT2D eigenvalue weighted by molar-refractivity contribution is 5.90. The van der Waals surface area contributed by atoms with E-state index in [0.29, 0.717) is 6.07 Å². The highest BCUT2D eigenvalue weighted by Crippen LogP contribution is 2.45. The highest BCUT2D eigenvalue weighted by Gasteiger charge is 2.74. The van der Waals surface area contributed by atoms with Crippen molar-refractivity contribution in [3.8, 4) is 0 Å². The second kappa shape index (κ2) is 6.70. The number of nitrogens with one attached hydrogen (secondary N) is 1. The molecule has 0 bridgehead atoms. The maximum atomic E-state index is 12.9. The van der Waals surface area contributed by atoms with Gasteiger partial charge in [-0.3, -0.25) is 0 Å². The summed E-state index contributed by atoms with van der Waals surface area (Å²) in [5.41, 5.74) is 8.24. The normalized spacial score (nSPS) is 31.3. The van der Waals surface area contributed by atoms with Crippen LogP contribution in [0, 0.1) is 0 Å². The van der Waals surface area contributed by atoms with Gasteiger partial charge in [0.05, 0.1) is 24.3 Å². The van der Waals surface area contributed by atoms with Gasteiger partial charge in [-0.2, -0.15) is 13.2 Å². The van der Waals surface area contributed by atoms with Crippen LogP contribution in [0.4, 0.5) is 13.2 Å². The molecular weight excluding hydrogens is 425 g/mol. The third-order valence-electron chi connectivity index (χ3n) is 5.61. The van der Waals surface area contributed by atoms with Crippen LogP contribution in [0.25, 0.3) is 0 Å². The molecule has 0 unspecified atom stereocenters. The van der Waals surface area contributed by atoms with Gasteiger partial charge in [-0.25, -0.2) is 14.8 Å². The number of nitrogens with two attached hydrogens (primary N) is 2. The summed E-state index contributed by atoms with van der Waals surface area (Å²) < 4.78 is 44.0. The predicted octanol–water partition coefficient (Wildman–Crippen LogP) is -2.10. The molecule has 11 nitrogen and oxygen atoms in total. The maximum absolute atomic E-state index is 12.9. The van der Waals surface area contributed by atoms with E-state index in [9.17, 15) is 33.3 Å². The summed E-state index contributed by atoms with van der Waals surface area (Å²) in [6.07, 6.45) is -6.35. The molecule has 168 valence electrons. The number of aliphatic imine (C=N–C) groups is 2. The first kappa shape index (κ1) is 21.1. The first-order valence-electron chi connectivity index (χ1n) is 9.08. The monoisotopic (exact) mass is 444 g/mol. The zero-order valence-electron chi connectivity index (χ0n) is 15.7. The summed E-state index contributed by atoms with van der Waals surface area (Å²) in [4.78, 5) is 21.9. The lowest BCUT2D eigenvalue weighted by molar-refractivity contribution is -0.257. The summed E-state index contributed by atoms with van der Waals surface area (Å²) in [6.45, 7) is -0.915. The molecule has 0 saturated carbocycles. The van der Waals surface area contributed by atoms with Gasteiger partial charge >= 0.3 is 12.1 Å². The van der Waals surface area contributed by atoms with Crippen LogP contribution in [-0.4, -0.2) is 80.9 Å². The number of guanidine groups is 2. The third kappa shape index (κ3) is 2.97. The molecule has 8 N–H and O–H groups in total. The molecule has 3 heterocycles. The molecule has 1 fully saturated rings. The van der Waals surface area contributed by atoms with Gasteiger partial charge in [0, 0.05) is 0 Å². The maximum Gasteiger partial charge on any atom is 0.416 e. The summed E-state index contributed by atoms with van der Waals surface area (Å²) in [7, 11) is 0. The standard InChI is InChI=1S/C17H19F3N6O5/c18-17(19,20)8-3-1-2-7(4-8)12(28)31-10-5-26-14(22)23-9(6-27)11-15(26,16(10,29)30)25-13(21)24-11/h1-4,9-11,27,29-30H,5-6H2,(H2,22,23)(H3,21,24,25)/t9-,10-,11-,15-/m0/s1. The van der Waals surface area contributed by atoms with Crippen LogP contribution >= 0.6 is 0 Å². The SMILES string of the molecule is NC1=N[C@H]2[C@H](CO)N=C(N)N3C[C@H](OC(=O)c4cccc(C(F)(F)F)c4)C(O)(O)[C@]23N1. The second-order valence-electron chi connectivity index (χ2n) is 7.40. The minimum Gasteiger partial charge on any atom is -0.451 e. The Morgan fingerprint density at radius 1 is 1.32 bits per heavy atom. The first-order chi connectivity index (χ1) is 14.4. The number of esters is 1. The van der Waals surface area contributed by atoms with Gasteiger partial charge in [0.2, 0.25) is 5.79 Å². The Morgan fingerprint density at radius 2 is 2.03 bits per heavy atom. The number of hydrogen-bond acceptors (Lipinski definition) is 11. The van der Waals surface area contributed by atoms with Crippen LogP contribution in [0.1, 0.15) is 15.9 Å². The predicted molar refractivity (Wildman–Crippen MR) is 98.3 cm³/mol. The minimum absolute atomic E-state index is 0.185. The van der Waals surface area contributed by atoms with Crippen LogP contribution < -0.4 is 16.8 Å². The average Bonchev–Trinajstić information content (AvgIpc) is 3.16. The van der Waals surface area contributed by atoms with Crippen molar-refractivity contribution >= 4 is 17.9 Å². The Labute approximate surface area is 172 Å². The van der Waals surface area contributed by atoms with Gasteiger partial charge < -0.3 is 41.7 Å². The lowest BCUT2D eigenvalue weighted by Gasteiger charge is -2.48. The number of halogens is 3. The first-order valence-corrected chi connectivity index (χ1v) is 9.08. The van der Waals surface area contributed by atoms with Crippen LogP contribution in [0.2, 0.25) is 0 Å². The largest absolute Gasteiger partial charge is 0.451 e. The van der Waals surface area contributed by atoms with E-state index in [2.05, 4.69) is 15.3 Å². The van der Waals surface area contributed by atoms with Crippen molar-refractivity contribution in [3.63, 3.8) is 0 Å². The molecule has 4 rings (SSSR count). The number of aliphatic hydroxyl groups excluding tert-OH is 1. The lowest BCUT2D eigenvalue weighted by atomic mass is 9.86. The second-order valence-corrected chi connectivity index (χ2v) is 7.40. The number of benzene rings is 1.